The van der Waals surface area contributed by atoms with Crippen LogP contribution in [0.1, 0.15) is 30.9 Å². The van der Waals surface area contributed by atoms with Crippen molar-refractivity contribution in [2.24, 2.45) is 0 Å². The van der Waals surface area contributed by atoms with E-state index in [0.29, 0.717) is 6.04 Å². The van der Waals surface area contributed by atoms with Gasteiger partial charge in [-0.3, -0.25) is 4.57 Å². The summed E-state index contributed by atoms with van der Waals surface area (Å²) in [7, 11) is 1.73. The first-order valence-electron chi connectivity index (χ1n) is 9.80. The second-order valence-corrected chi connectivity index (χ2v) is 7.31. The number of rotatable bonds is 6. The van der Waals surface area contributed by atoms with Crippen LogP contribution >= 0.6 is 0 Å². The van der Waals surface area contributed by atoms with Crippen molar-refractivity contribution >= 4 is 11.0 Å². The number of methoxy groups -OCH3 is 1. The molecule has 0 saturated carbocycles. The number of ether oxygens (including phenoxy) is 1. The molecule has 142 valence electrons. The highest BCUT2D eigenvalue weighted by Crippen LogP contribution is 2.25. The zero-order chi connectivity index (χ0) is 18.6. The van der Waals surface area contributed by atoms with E-state index in [2.05, 4.69) is 22.0 Å². The molecule has 1 aliphatic heterocycles. The van der Waals surface area contributed by atoms with E-state index in [-0.39, 0.29) is 5.69 Å². The predicted molar refractivity (Wildman–Crippen MR) is 109 cm³/mol. The molecule has 1 N–H and O–H groups in total. The molecule has 5 nitrogen and oxygen atoms in total. The van der Waals surface area contributed by atoms with Crippen LogP contribution < -0.4 is 10.4 Å². The molecule has 2 heterocycles. The molecule has 5 heteroatoms. The molecule has 1 aromatic heterocycles. The largest absolute Gasteiger partial charge is 0.496 e. The number of aromatic amines is 1. The maximum atomic E-state index is 12.4. The summed E-state index contributed by atoms with van der Waals surface area (Å²) in [5.74, 6) is 0.981. The summed E-state index contributed by atoms with van der Waals surface area (Å²) in [6.45, 7) is 3.18. The highest BCUT2D eigenvalue weighted by molar-refractivity contribution is 5.75. The molecular formula is C22H27N3O2. The zero-order valence-corrected chi connectivity index (χ0v) is 15.9. The van der Waals surface area contributed by atoms with Crippen LogP contribution in [0, 0.1) is 0 Å². The minimum Gasteiger partial charge on any atom is -0.496 e. The van der Waals surface area contributed by atoms with Crippen LogP contribution in [0.4, 0.5) is 0 Å². The number of aromatic nitrogens is 2. The third-order valence-electron chi connectivity index (χ3n) is 5.66. The maximum Gasteiger partial charge on any atom is 0.326 e. The molecule has 1 saturated heterocycles. The highest BCUT2D eigenvalue weighted by Gasteiger charge is 2.23. The number of benzene rings is 2. The van der Waals surface area contributed by atoms with Crippen LogP contribution in [-0.4, -0.2) is 41.2 Å². The molecule has 0 radical (unpaired) electrons. The van der Waals surface area contributed by atoms with Crippen LogP contribution in [0.15, 0.2) is 53.3 Å². The minimum atomic E-state index is 0.0193. The normalized spacial score (nSPS) is 16.0. The fourth-order valence-corrected chi connectivity index (χ4v) is 4.24. The van der Waals surface area contributed by atoms with E-state index in [4.69, 9.17) is 4.74 Å². The Morgan fingerprint density at radius 3 is 2.63 bits per heavy atom. The molecule has 1 fully saturated rings. The molecular weight excluding hydrogens is 338 g/mol. The number of aryl methyl sites for hydroxylation is 1. The quantitative estimate of drug-likeness (QED) is 0.726. The monoisotopic (exact) mass is 365 g/mol. The molecule has 3 aromatic rings. The van der Waals surface area contributed by atoms with Gasteiger partial charge in [-0.15, -0.1) is 0 Å². The summed E-state index contributed by atoms with van der Waals surface area (Å²) in [6, 6.07) is 16.5. The standard InChI is InChI=1S/C22H27N3O2/c1-27-21-11-5-2-7-17(21)8-6-14-24-15-12-18(13-16-24)25-20-10-4-3-9-19(20)23-22(25)26/h2-5,7,9-11,18H,6,8,12-16H2,1H3,(H,23,26). The van der Waals surface area contributed by atoms with Crippen molar-refractivity contribution in [2.45, 2.75) is 31.7 Å². The summed E-state index contributed by atoms with van der Waals surface area (Å²) < 4.78 is 7.40. The van der Waals surface area contributed by atoms with Crippen molar-refractivity contribution < 1.29 is 4.74 Å². The lowest BCUT2D eigenvalue weighted by Crippen LogP contribution is -2.37. The van der Waals surface area contributed by atoms with Crippen molar-refractivity contribution in [3.63, 3.8) is 0 Å². The Bertz CT molecular complexity index is 951. The number of para-hydroxylation sites is 3. The number of nitrogens with one attached hydrogen (secondary N) is 1. The summed E-state index contributed by atoms with van der Waals surface area (Å²) >= 11 is 0. The van der Waals surface area contributed by atoms with Crippen LogP contribution in [0.25, 0.3) is 11.0 Å². The Morgan fingerprint density at radius 2 is 1.81 bits per heavy atom. The third-order valence-corrected chi connectivity index (χ3v) is 5.66. The molecule has 2 aromatic carbocycles. The molecule has 0 amide bonds. The average Bonchev–Trinajstić information content (AvgIpc) is 3.04. The molecule has 0 aliphatic carbocycles. The van der Waals surface area contributed by atoms with E-state index in [0.717, 1.165) is 62.1 Å². The van der Waals surface area contributed by atoms with Gasteiger partial charge in [-0.25, -0.2) is 4.79 Å². The Hall–Kier alpha value is -2.53. The lowest BCUT2D eigenvalue weighted by atomic mass is 10.0. The maximum absolute atomic E-state index is 12.4. The summed E-state index contributed by atoms with van der Waals surface area (Å²) in [4.78, 5) is 17.9. The van der Waals surface area contributed by atoms with Gasteiger partial charge in [-0.05, 0) is 56.0 Å². The lowest BCUT2D eigenvalue weighted by Gasteiger charge is -2.32. The van der Waals surface area contributed by atoms with Crippen molar-refractivity contribution in [2.75, 3.05) is 26.7 Å². The van der Waals surface area contributed by atoms with Gasteiger partial charge < -0.3 is 14.6 Å². The number of hydrogen-bond acceptors (Lipinski definition) is 3. The number of hydrogen-bond donors (Lipinski definition) is 1. The van der Waals surface area contributed by atoms with Crippen LogP contribution in [0.5, 0.6) is 5.75 Å². The van der Waals surface area contributed by atoms with Crippen molar-refractivity contribution in [1.82, 2.24) is 14.5 Å². The Morgan fingerprint density at radius 1 is 1.07 bits per heavy atom. The number of fused-ring (bicyclic) bond motifs is 1. The van der Waals surface area contributed by atoms with Gasteiger partial charge in [0.2, 0.25) is 0 Å². The molecule has 0 bridgehead atoms. The Balaban J connectivity index is 1.33. The van der Waals surface area contributed by atoms with Crippen LogP contribution in [0.3, 0.4) is 0 Å². The van der Waals surface area contributed by atoms with Gasteiger partial charge >= 0.3 is 5.69 Å². The molecule has 4 rings (SSSR count). The smallest absolute Gasteiger partial charge is 0.326 e. The van der Waals surface area contributed by atoms with Gasteiger partial charge in [-0.2, -0.15) is 0 Å². The molecule has 0 spiro atoms. The molecule has 0 unspecified atom stereocenters. The van der Waals surface area contributed by atoms with Gasteiger partial charge in [-0.1, -0.05) is 30.3 Å². The zero-order valence-electron chi connectivity index (χ0n) is 15.9. The van der Waals surface area contributed by atoms with Gasteiger partial charge in [0.25, 0.3) is 0 Å². The van der Waals surface area contributed by atoms with Crippen LogP contribution in [0.2, 0.25) is 0 Å². The SMILES string of the molecule is COc1ccccc1CCCN1CCC(n2c(=O)[nH]c3ccccc32)CC1. The fourth-order valence-electron chi connectivity index (χ4n) is 4.24. The van der Waals surface area contributed by atoms with Crippen molar-refractivity contribution in [3.05, 3.63) is 64.6 Å². The number of imidazole rings is 1. The molecule has 0 atom stereocenters. The first kappa shape index (κ1) is 17.9. The van der Waals surface area contributed by atoms with Crippen molar-refractivity contribution in [3.8, 4) is 5.75 Å². The topological polar surface area (TPSA) is 50.3 Å². The number of likely N-dealkylation sites (tertiary alicyclic amines) is 1. The van der Waals surface area contributed by atoms with Crippen LogP contribution in [-0.2, 0) is 6.42 Å². The van der Waals surface area contributed by atoms with Gasteiger partial charge in [0.15, 0.2) is 0 Å². The third kappa shape index (κ3) is 3.78. The predicted octanol–water partition coefficient (Wildman–Crippen LogP) is 3.61. The van der Waals surface area contributed by atoms with E-state index >= 15 is 0 Å². The first-order chi connectivity index (χ1) is 13.3. The van der Waals surface area contributed by atoms with E-state index < -0.39 is 0 Å². The van der Waals surface area contributed by atoms with Crippen molar-refractivity contribution in [1.29, 1.82) is 0 Å². The van der Waals surface area contributed by atoms with E-state index in [1.165, 1.54) is 5.56 Å². The summed E-state index contributed by atoms with van der Waals surface area (Å²) in [5.41, 5.74) is 3.25. The fraction of sp³-hybridized carbons (Fsp3) is 0.409. The van der Waals surface area contributed by atoms with Gasteiger partial charge in [0, 0.05) is 19.1 Å². The van der Waals surface area contributed by atoms with E-state index in [1.807, 2.05) is 41.0 Å². The highest BCUT2D eigenvalue weighted by atomic mass is 16.5. The lowest BCUT2D eigenvalue weighted by molar-refractivity contribution is 0.185. The average molecular weight is 365 g/mol. The number of nitrogens with zero attached hydrogens (tertiary/aromatic N) is 2. The second-order valence-electron chi connectivity index (χ2n) is 7.31. The summed E-state index contributed by atoms with van der Waals surface area (Å²) in [5, 5.41) is 0. The number of H-pyrrole nitrogens is 1. The summed E-state index contributed by atoms with van der Waals surface area (Å²) in [6.07, 6.45) is 4.21. The minimum absolute atomic E-state index is 0.0193. The number of piperidine rings is 1. The second kappa shape index (κ2) is 8.01. The van der Waals surface area contributed by atoms with Gasteiger partial charge in [0.05, 0.1) is 18.1 Å². The Labute approximate surface area is 159 Å². The molecule has 27 heavy (non-hydrogen) atoms. The van der Waals surface area contributed by atoms with E-state index in [9.17, 15) is 4.79 Å². The Kier molecular flexibility index (Phi) is 5.30. The van der Waals surface area contributed by atoms with E-state index in [1.54, 1.807) is 7.11 Å². The molecule has 1 aliphatic rings. The first-order valence-corrected chi connectivity index (χ1v) is 9.80. The van der Waals surface area contributed by atoms with Gasteiger partial charge in [0.1, 0.15) is 5.75 Å².